The highest BCUT2D eigenvalue weighted by atomic mass is 35.5. The van der Waals surface area contributed by atoms with Crippen molar-refractivity contribution < 1.29 is 13.2 Å². The van der Waals surface area contributed by atoms with Crippen LogP contribution in [0.5, 0.6) is 0 Å². The Kier molecular flexibility index (Phi) is 6.99. The van der Waals surface area contributed by atoms with Gasteiger partial charge in [0, 0.05) is 56.6 Å². The number of sulfone groups is 1. The predicted octanol–water partition coefficient (Wildman–Crippen LogP) is 3.50. The number of thiazole rings is 1. The summed E-state index contributed by atoms with van der Waals surface area (Å²) < 4.78 is 25.6. The normalized spacial score (nSPS) is 15.2. The summed E-state index contributed by atoms with van der Waals surface area (Å²) in [6.45, 7) is 3.44. The minimum atomic E-state index is -3.55. The van der Waals surface area contributed by atoms with Crippen LogP contribution in [0, 0.1) is 0 Å². The zero-order valence-electron chi connectivity index (χ0n) is 17.8. The van der Waals surface area contributed by atoms with Crippen LogP contribution in [0.15, 0.2) is 46.7 Å². The van der Waals surface area contributed by atoms with E-state index < -0.39 is 9.84 Å². The van der Waals surface area contributed by atoms with E-state index in [9.17, 15) is 13.2 Å². The Morgan fingerprint density at radius 3 is 2.56 bits per heavy atom. The van der Waals surface area contributed by atoms with Gasteiger partial charge in [0.1, 0.15) is 0 Å². The van der Waals surface area contributed by atoms with Gasteiger partial charge in [0.25, 0.3) is 0 Å². The highest BCUT2D eigenvalue weighted by Crippen LogP contribution is 2.24. The number of piperazine rings is 1. The molecule has 2 heterocycles. The van der Waals surface area contributed by atoms with E-state index in [2.05, 4.69) is 15.2 Å². The van der Waals surface area contributed by atoms with Gasteiger partial charge in [0.15, 0.2) is 15.0 Å². The molecule has 1 amide bonds. The molecule has 2 aromatic carbocycles. The molecule has 1 saturated heterocycles. The molecule has 0 radical (unpaired) electrons. The Labute approximate surface area is 196 Å². The minimum Gasteiger partial charge on any atom is -0.365 e. The van der Waals surface area contributed by atoms with Crippen molar-refractivity contribution in [2.24, 2.45) is 0 Å². The van der Waals surface area contributed by atoms with Crippen LogP contribution in [0.4, 0.5) is 5.13 Å². The molecule has 0 atom stereocenters. The molecule has 10 heteroatoms. The average molecular weight is 493 g/mol. The molecule has 0 spiro atoms. The molecule has 3 aromatic rings. The first kappa shape index (κ1) is 23.0. The number of benzene rings is 2. The van der Waals surface area contributed by atoms with Crippen LogP contribution in [-0.2, 0) is 21.2 Å². The molecule has 0 aliphatic carbocycles. The van der Waals surface area contributed by atoms with Crippen LogP contribution in [0.2, 0.25) is 5.02 Å². The second kappa shape index (κ2) is 9.74. The summed E-state index contributed by atoms with van der Waals surface area (Å²) in [6, 6.07) is 10.3. The molecule has 1 fully saturated rings. The second-order valence-electron chi connectivity index (χ2n) is 7.77. The van der Waals surface area contributed by atoms with Gasteiger partial charge in [0.05, 0.1) is 16.3 Å². The molecule has 1 N–H and O–H groups in total. The van der Waals surface area contributed by atoms with E-state index in [1.807, 2.05) is 12.4 Å². The molecular weight excluding hydrogens is 468 g/mol. The minimum absolute atomic E-state index is 0.0153. The number of carbonyl (C=O) groups excluding carboxylic acids is 1. The van der Waals surface area contributed by atoms with Crippen LogP contribution in [0.1, 0.15) is 12.1 Å². The number of hydrogen-bond acceptors (Lipinski definition) is 7. The zero-order chi connectivity index (χ0) is 22.7. The van der Waals surface area contributed by atoms with Crippen molar-refractivity contribution in [3.05, 3.63) is 52.5 Å². The van der Waals surface area contributed by atoms with Crippen LogP contribution in [-0.4, -0.2) is 68.1 Å². The molecule has 170 valence electrons. The molecule has 0 saturated carbocycles. The van der Waals surface area contributed by atoms with Crippen molar-refractivity contribution in [3.8, 4) is 0 Å². The SMILES string of the molecule is CNc1nc(CN2CCN(C(=O)CCS(=O)(=O)c3ccc4cc(Cl)ccc4c3)CC2)cs1. The number of carbonyl (C=O) groups is 1. The number of aromatic nitrogens is 1. The lowest BCUT2D eigenvalue weighted by atomic mass is 10.1. The molecule has 1 aliphatic rings. The first-order chi connectivity index (χ1) is 15.3. The summed E-state index contributed by atoms with van der Waals surface area (Å²) in [5.41, 5.74) is 1.02. The predicted molar refractivity (Wildman–Crippen MR) is 129 cm³/mol. The van der Waals surface area contributed by atoms with E-state index in [1.165, 1.54) is 0 Å². The van der Waals surface area contributed by atoms with Crippen molar-refractivity contribution >= 4 is 54.6 Å². The standard InChI is InChI=1S/C22H25ClN4O3S2/c1-24-22-25-19(15-31-22)14-26-7-9-27(10-8-26)21(28)6-11-32(29,30)20-5-3-16-12-18(23)4-2-17(16)13-20/h2-5,12-13,15H,6-11,14H2,1H3,(H,24,25). The number of anilines is 1. The number of halogens is 1. The number of rotatable bonds is 7. The van der Waals surface area contributed by atoms with E-state index in [0.29, 0.717) is 18.1 Å². The topological polar surface area (TPSA) is 82.6 Å². The maximum atomic E-state index is 12.8. The molecule has 0 unspecified atom stereocenters. The number of hydrogen-bond donors (Lipinski definition) is 1. The number of nitrogens with zero attached hydrogens (tertiary/aromatic N) is 3. The van der Waals surface area contributed by atoms with Gasteiger partial charge in [-0.1, -0.05) is 23.7 Å². The van der Waals surface area contributed by atoms with Crippen molar-refractivity contribution in [2.45, 2.75) is 17.9 Å². The zero-order valence-corrected chi connectivity index (χ0v) is 20.1. The number of amides is 1. The van der Waals surface area contributed by atoms with Gasteiger partial charge in [-0.2, -0.15) is 0 Å². The molecule has 4 rings (SSSR count). The third kappa shape index (κ3) is 5.40. The first-order valence-corrected chi connectivity index (χ1v) is 13.3. The molecule has 1 aliphatic heterocycles. The smallest absolute Gasteiger partial charge is 0.223 e. The summed E-state index contributed by atoms with van der Waals surface area (Å²) in [7, 11) is -1.70. The Balaban J connectivity index is 1.30. The van der Waals surface area contributed by atoms with Crippen LogP contribution in [0.25, 0.3) is 10.8 Å². The van der Waals surface area contributed by atoms with Gasteiger partial charge < -0.3 is 10.2 Å². The maximum Gasteiger partial charge on any atom is 0.223 e. The highest BCUT2D eigenvalue weighted by Gasteiger charge is 2.24. The van der Waals surface area contributed by atoms with Crippen molar-refractivity contribution in [1.29, 1.82) is 0 Å². The van der Waals surface area contributed by atoms with E-state index in [0.717, 1.165) is 41.2 Å². The number of nitrogens with one attached hydrogen (secondary N) is 1. The van der Waals surface area contributed by atoms with E-state index in [4.69, 9.17) is 11.6 Å². The molecule has 1 aromatic heterocycles. The lowest BCUT2D eigenvalue weighted by Gasteiger charge is -2.34. The van der Waals surface area contributed by atoms with Crippen molar-refractivity contribution in [3.63, 3.8) is 0 Å². The Bertz CT molecular complexity index is 1220. The Morgan fingerprint density at radius 1 is 1.12 bits per heavy atom. The highest BCUT2D eigenvalue weighted by molar-refractivity contribution is 7.91. The molecular formula is C22H25ClN4O3S2. The van der Waals surface area contributed by atoms with Crippen LogP contribution in [0.3, 0.4) is 0 Å². The lowest BCUT2D eigenvalue weighted by molar-refractivity contribution is -0.132. The quantitative estimate of drug-likeness (QED) is 0.543. The van der Waals surface area contributed by atoms with E-state index in [-0.39, 0.29) is 23.0 Å². The number of fused-ring (bicyclic) bond motifs is 1. The van der Waals surface area contributed by atoms with E-state index in [1.54, 1.807) is 52.6 Å². The maximum absolute atomic E-state index is 12.8. The van der Waals surface area contributed by atoms with E-state index >= 15 is 0 Å². The first-order valence-electron chi connectivity index (χ1n) is 10.4. The summed E-state index contributed by atoms with van der Waals surface area (Å²) in [5.74, 6) is -0.316. The van der Waals surface area contributed by atoms with Gasteiger partial charge in [0.2, 0.25) is 5.91 Å². The molecule has 0 bridgehead atoms. The monoisotopic (exact) mass is 492 g/mol. The lowest BCUT2D eigenvalue weighted by Crippen LogP contribution is -2.48. The summed E-state index contributed by atoms with van der Waals surface area (Å²) >= 11 is 7.57. The van der Waals surface area contributed by atoms with Gasteiger partial charge in [-0.05, 0) is 35.0 Å². The van der Waals surface area contributed by atoms with Crippen LogP contribution >= 0.6 is 22.9 Å². The van der Waals surface area contributed by atoms with Gasteiger partial charge >= 0.3 is 0 Å². The van der Waals surface area contributed by atoms with Gasteiger partial charge in [-0.15, -0.1) is 11.3 Å². The summed E-state index contributed by atoms with van der Waals surface area (Å²) in [4.78, 5) is 21.4. The third-order valence-electron chi connectivity index (χ3n) is 5.59. The Hall–Kier alpha value is -2.20. The fourth-order valence-electron chi connectivity index (χ4n) is 3.76. The average Bonchev–Trinajstić information content (AvgIpc) is 3.25. The second-order valence-corrected chi connectivity index (χ2v) is 11.2. The molecule has 32 heavy (non-hydrogen) atoms. The van der Waals surface area contributed by atoms with Gasteiger partial charge in [-0.25, -0.2) is 13.4 Å². The van der Waals surface area contributed by atoms with Crippen molar-refractivity contribution in [1.82, 2.24) is 14.8 Å². The summed E-state index contributed by atoms with van der Waals surface area (Å²) in [5, 5.41) is 8.26. The van der Waals surface area contributed by atoms with Gasteiger partial charge in [-0.3, -0.25) is 9.69 Å². The largest absolute Gasteiger partial charge is 0.365 e. The fourth-order valence-corrected chi connectivity index (χ4v) is 5.87. The third-order valence-corrected chi connectivity index (χ3v) is 8.45. The Morgan fingerprint density at radius 2 is 1.84 bits per heavy atom. The fraction of sp³-hybridized carbons (Fsp3) is 0.364. The summed E-state index contributed by atoms with van der Waals surface area (Å²) in [6.07, 6.45) is -0.0153. The van der Waals surface area contributed by atoms with Crippen LogP contribution < -0.4 is 5.32 Å². The van der Waals surface area contributed by atoms with Crippen molar-refractivity contribution in [2.75, 3.05) is 44.3 Å². The molecule has 7 nitrogen and oxygen atoms in total.